The van der Waals surface area contributed by atoms with Gasteiger partial charge in [0.05, 0.1) is 20.8 Å². The average Bonchev–Trinajstić information content (AvgIpc) is 3.01. The number of Topliss-reactive ketones (excluding diaryl/α,β-unsaturated/α-hetero) is 1. The zero-order valence-electron chi connectivity index (χ0n) is 27.4. The van der Waals surface area contributed by atoms with E-state index >= 15 is 0 Å². The third-order valence-electron chi connectivity index (χ3n) is 6.84. The van der Waals surface area contributed by atoms with E-state index in [1.54, 1.807) is 26.2 Å². The van der Waals surface area contributed by atoms with Gasteiger partial charge in [-0.15, -0.1) is 0 Å². The van der Waals surface area contributed by atoms with Crippen molar-refractivity contribution in [3.05, 3.63) is 47.5 Å². The topological polar surface area (TPSA) is 168 Å². The maximum absolute atomic E-state index is 13.8. The van der Waals surface area contributed by atoms with Crippen LogP contribution in [0.25, 0.3) is 0 Å². The van der Waals surface area contributed by atoms with Gasteiger partial charge in [-0.25, -0.2) is 0 Å². The Morgan fingerprint density at radius 3 is 1.87 bits per heavy atom. The van der Waals surface area contributed by atoms with Crippen LogP contribution in [0.2, 0.25) is 0 Å². The number of benzene rings is 2. The van der Waals surface area contributed by atoms with Crippen molar-refractivity contribution >= 4 is 29.7 Å². The fraction of sp³-hybridized carbons (Fsp3) is 0.485. The Bertz CT molecular complexity index is 1420. The summed E-state index contributed by atoms with van der Waals surface area (Å²) in [4.78, 5) is 62.1. The first kappa shape index (κ1) is 36.6. The predicted molar refractivity (Wildman–Crippen MR) is 162 cm³/mol. The van der Waals surface area contributed by atoms with Gasteiger partial charge in [0.1, 0.15) is 41.3 Å². The molecule has 0 spiro atoms. The van der Waals surface area contributed by atoms with Crippen molar-refractivity contribution in [2.45, 2.75) is 78.2 Å². The fourth-order valence-electron chi connectivity index (χ4n) is 4.93. The number of hydrogen-bond acceptors (Lipinski definition) is 14. The lowest BCUT2D eigenvalue weighted by atomic mass is 9.97. The van der Waals surface area contributed by atoms with Crippen LogP contribution in [0.15, 0.2) is 36.4 Å². The summed E-state index contributed by atoms with van der Waals surface area (Å²) in [6.45, 7) is 6.09. The largest absolute Gasteiger partial charge is 0.497 e. The molecule has 14 nitrogen and oxygen atoms in total. The van der Waals surface area contributed by atoms with Gasteiger partial charge in [-0.3, -0.25) is 24.0 Å². The summed E-state index contributed by atoms with van der Waals surface area (Å²) in [7, 11) is 2.94. The highest BCUT2D eigenvalue weighted by molar-refractivity contribution is 6.01. The van der Waals surface area contributed by atoms with Gasteiger partial charge >= 0.3 is 23.9 Å². The number of ketones is 1. The average molecular weight is 661 g/mol. The normalized spacial score (nSPS) is 20.3. The first-order chi connectivity index (χ1) is 22.4. The lowest BCUT2D eigenvalue weighted by molar-refractivity contribution is -0.288. The van der Waals surface area contributed by atoms with E-state index in [1.165, 1.54) is 19.2 Å². The van der Waals surface area contributed by atoms with E-state index in [0.29, 0.717) is 12.2 Å². The molecule has 47 heavy (non-hydrogen) atoms. The number of rotatable bonds is 15. The third-order valence-corrected chi connectivity index (χ3v) is 6.84. The highest BCUT2D eigenvalue weighted by Crippen LogP contribution is 2.38. The van der Waals surface area contributed by atoms with Crippen LogP contribution in [0.1, 0.15) is 57.0 Å². The summed E-state index contributed by atoms with van der Waals surface area (Å²) in [6, 6.07) is 10.2. The minimum atomic E-state index is -1.58. The molecule has 1 fully saturated rings. The molecule has 256 valence electrons. The third kappa shape index (κ3) is 10.3. The van der Waals surface area contributed by atoms with Crippen LogP contribution in [0, 0.1) is 0 Å². The van der Waals surface area contributed by atoms with Crippen LogP contribution >= 0.6 is 0 Å². The van der Waals surface area contributed by atoms with E-state index in [1.807, 2.05) is 12.1 Å². The van der Waals surface area contributed by atoms with E-state index in [4.69, 9.17) is 42.6 Å². The molecule has 14 heteroatoms. The lowest BCUT2D eigenvalue weighted by Crippen LogP contribution is -2.63. The van der Waals surface area contributed by atoms with Crippen molar-refractivity contribution in [2.24, 2.45) is 0 Å². The second-order valence-corrected chi connectivity index (χ2v) is 10.4. The molecule has 1 heterocycles. The van der Waals surface area contributed by atoms with E-state index < -0.39 is 61.2 Å². The summed E-state index contributed by atoms with van der Waals surface area (Å²) in [6.07, 6.45) is -6.78. The number of carbonyl (C=O) groups is 5. The van der Waals surface area contributed by atoms with Crippen LogP contribution in [0.3, 0.4) is 0 Å². The van der Waals surface area contributed by atoms with Crippen LogP contribution in [-0.4, -0.2) is 87.8 Å². The summed E-state index contributed by atoms with van der Waals surface area (Å²) >= 11 is 0. The smallest absolute Gasteiger partial charge is 0.303 e. The van der Waals surface area contributed by atoms with Gasteiger partial charge in [0.2, 0.25) is 12.4 Å². The van der Waals surface area contributed by atoms with Crippen LogP contribution in [-0.2, 0) is 49.3 Å². The van der Waals surface area contributed by atoms with E-state index in [0.717, 1.165) is 33.3 Å². The van der Waals surface area contributed by atoms with Crippen LogP contribution in [0.4, 0.5) is 0 Å². The van der Waals surface area contributed by atoms with Gasteiger partial charge in [-0.2, -0.15) is 0 Å². The Hall–Kier alpha value is -4.85. The maximum Gasteiger partial charge on any atom is 0.303 e. The Balaban J connectivity index is 2.09. The molecule has 0 aromatic heterocycles. The number of methoxy groups -OCH3 is 2. The van der Waals surface area contributed by atoms with Gasteiger partial charge < -0.3 is 42.6 Å². The molecular weight excluding hydrogens is 620 g/mol. The molecule has 0 N–H and O–H groups in total. The molecule has 0 radical (unpaired) electrons. The van der Waals surface area contributed by atoms with Gasteiger partial charge in [-0.1, -0.05) is 12.1 Å². The summed E-state index contributed by atoms with van der Waals surface area (Å²) < 4.78 is 50.4. The lowest BCUT2D eigenvalue weighted by Gasteiger charge is -2.44. The molecule has 2 aromatic carbocycles. The molecule has 1 saturated heterocycles. The number of carbonyl (C=O) groups excluding carboxylic acids is 5. The quantitative estimate of drug-likeness (QED) is 0.155. The molecule has 1 aliphatic rings. The fourth-order valence-corrected chi connectivity index (χ4v) is 4.93. The molecule has 3 rings (SSSR count). The SMILES string of the molecule is CCOc1cc(OC)c(C(=O)CCc2ccc(OC)cc2)c(O[C@@H]2O[C@H](COC(C)=O)[C@@H](OC(C)=O)[C@H](OC(C)=O)[C@H]2OC(C)=O)c1. The molecular formula is C33H40O14. The maximum atomic E-state index is 13.8. The first-order valence-electron chi connectivity index (χ1n) is 14.8. The van der Waals surface area contributed by atoms with Gasteiger partial charge in [0.15, 0.2) is 18.0 Å². The zero-order valence-corrected chi connectivity index (χ0v) is 27.4. The molecule has 0 amide bonds. The van der Waals surface area contributed by atoms with Gasteiger partial charge in [0.25, 0.3) is 0 Å². The standard InChI is InChI=1S/C33H40O14/c1-8-41-24-15-26(40-7)29(25(38)14-11-22-9-12-23(39-6)13-10-22)27(16-24)46-33-32(45-21(5)37)31(44-20(4)36)30(43-19(3)35)28(47-33)17-42-18(2)34/h9-10,12-13,15-16,28,30-33H,8,11,14,17H2,1-7H3/t28-,30-,31+,32-,33-/m1/s1. The van der Waals surface area contributed by atoms with Crippen molar-refractivity contribution in [3.63, 3.8) is 0 Å². The predicted octanol–water partition coefficient (Wildman–Crippen LogP) is 3.38. The van der Waals surface area contributed by atoms with Crippen molar-refractivity contribution in [1.82, 2.24) is 0 Å². The minimum absolute atomic E-state index is 0.0392. The van der Waals surface area contributed by atoms with Crippen molar-refractivity contribution < 1.29 is 66.6 Å². The zero-order chi connectivity index (χ0) is 34.7. The summed E-state index contributed by atoms with van der Waals surface area (Å²) in [5, 5.41) is 0. The minimum Gasteiger partial charge on any atom is -0.497 e. The van der Waals surface area contributed by atoms with Crippen molar-refractivity contribution in [2.75, 3.05) is 27.4 Å². The van der Waals surface area contributed by atoms with Crippen LogP contribution < -0.4 is 18.9 Å². The Morgan fingerprint density at radius 1 is 0.723 bits per heavy atom. The number of esters is 4. The van der Waals surface area contributed by atoms with E-state index in [9.17, 15) is 24.0 Å². The highest BCUT2D eigenvalue weighted by atomic mass is 16.7. The first-order valence-corrected chi connectivity index (χ1v) is 14.8. The van der Waals surface area contributed by atoms with E-state index in [2.05, 4.69) is 0 Å². The number of aryl methyl sites for hydroxylation is 1. The molecule has 2 aromatic rings. The van der Waals surface area contributed by atoms with Gasteiger partial charge in [0, 0.05) is 46.2 Å². The molecule has 5 atom stereocenters. The highest BCUT2D eigenvalue weighted by Gasteiger charge is 2.53. The second kappa shape index (κ2) is 17.2. The summed E-state index contributed by atoms with van der Waals surface area (Å²) in [5.41, 5.74) is 0.920. The monoisotopic (exact) mass is 660 g/mol. The molecule has 1 aliphatic heterocycles. The molecule has 0 bridgehead atoms. The Labute approximate surface area is 272 Å². The molecule has 0 unspecified atom stereocenters. The van der Waals surface area contributed by atoms with E-state index in [-0.39, 0.29) is 41.6 Å². The number of ether oxygens (including phenoxy) is 9. The second-order valence-electron chi connectivity index (χ2n) is 10.4. The van der Waals surface area contributed by atoms with Gasteiger partial charge in [-0.05, 0) is 31.0 Å². The molecule has 0 saturated carbocycles. The Kier molecular flexibility index (Phi) is 13.4. The van der Waals surface area contributed by atoms with Crippen molar-refractivity contribution in [1.29, 1.82) is 0 Å². The Morgan fingerprint density at radius 2 is 1.32 bits per heavy atom. The molecule has 0 aliphatic carbocycles. The van der Waals surface area contributed by atoms with Crippen LogP contribution in [0.5, 0.6) is 23.0 Å². The number of hydrogen-bond donors (Lipinski definition) is 0. The van der Waals surface area contributed by atoms with Crippen molar-refractivity contribution in [3.8, 4) is 23.0 Å². The summed E-state index contributed by atoms with van der Waals surface area (Å²) in [5.74, 6) is -2.37.